The highest BCUT2D eigenvalue weighted by molar-refractivity contribution is 5.77. The Morgan fingerprint density at radius 2 is 0.787 bits per heavy atom. The first-order chi connectivity index (χ1) is 30.0. The molecule has 0 heterocycles. The van der Waals surface area contributed by atoms with Crippen molar-refractivity contribution in [2.75, 3.05) is 6.61 Å². The molecule has 6 heteroatoms. The van der Waals surface area contributed by atoms with Gasteiger partial charge in [-0.15, -0.1) is 0 Å². The number of allylic oxidation sites excluding steroid dienone is 4. The average molecular weight is 860 g/mol. The molecule has 0 bridgehead atoms. The summed E-state index contributed by atoms with van der Waals surface area (Å²) in [5.74, 6) is -0.481. The van der Waals surface area contributed by atoms with Gasteiger partial charge in [0.15, 0.2) is 0 Å². The smallest absolute Gasteiger partial charge is 0.306 e. The van der Waals surface area contributed by atoms with Gasteiger partial charge in [-0.1, -0.05) is 225 Å². The Morgan fingerprint density at radius 1 is 0.459 bits per heavy atom. The van der Waals surface area contributed by atoms with Crippen molar-refractivity contribution in [2.24, 2.45) is 0 Å². The van der Waals surface area contributed by atoms with Gasteiger partial charge in [0, 0.05) is 6.42 Å². The van der Waals surface area contributed by atoms with Crippen LogP contribution in [0.3, 0.4) is 0 Å². The predicted octanol–water partition coefficient (Wildman–Crippen LogP) is 16.3. The van der Waals surface area contributed by atoms with Crippen LogP contribution in [0.5, 0.6) is 0 Å². The van der Waals surface area contributed by atoms with Crippen LogP contribution in [0.15, 0.2) is 24.3 Å². The molecule has 0 fully saturated rings. The van der Waals surface area contributed by atoms with Crippen LogP contribution in [-0.2, 0) is 14.3 Å². The monoisotopic (exact) mass is 860 g/mol. The molecule has 0 aliphatic heterocycles. The minimum atomic E-state index is -0.788. The summed E-state index contributed by atoms with van der Waals surface area (Å²) in [7, 11) is 0. The molecule has 0 aromatic rings. The molecule has 0 spiro atoms. The number of hydrogen-bond acceptors (Lipinski definition) is 5. The number of rotatable bonds is 49. The van der Waals surface area contributed by atoms with E-state index in [2.05, 4.69) is 50.4 Å². The van der Waals surface area contributed by atoms with Crippen LogP contribution in [0.1, 0.15) is 290 Å². The normalized spacial score (nSPS) is 13.3. The highest BCUT2D eigenvalue weighted by Crippen LogP contribution is 2.18. The Hall–Kier alpha value is -1.66. The standard InChI is InChI=1S/C55H105NO5/c1-4-7-10-13-16-19-22-24-26-27-28-30-33-36-39-42-45-48-55(60)61-51(46-43-40-37-34-32-29-25-23-20-17-14-11-8-5-2)49-54(59)56-52(50-57)53(58)47-44-41-38-35-31-21-18-15-12-9-6-3/h24,26,29,32,51-53,57-58H,4-23,25,27-28,30-31,33-50H2,1-3H3,(H,56,59)/b26-24+,32-29+. The van der Waals surface area contributed by atoms with Crippen molar-refractivity contribution in [3.63, 3.8) is 0 Å². The number of unbranched alkanes of at least 4 members (excludes halogenated alkanes) is 33. The molecule has 0 aromatic heterocycles. The van der Waals surface area contributed by atoms with E-state index in [1.54, 1.807) is 0 Å². The highest BCUT2D eigenvalue weighted by atomic mass is 16.5. The first kappa shape index (κ1) is 59.3. The molecule has 0 aromatic carbocycles. The summed E-state index contributed by atoms with van der Waals surface area (Å²) >= 11 is 0. The largest absolute Gasteiger partial charge is 0.462 e. The maximum absolute atomic E-state index is 13.2. The lowest BCUT2D eigenvalue weighted by Gasteiger charge is -2.24. The summed E-state index contributed by atoms with van der Waals surface area (Å²) in [5, 5.41) is 23.8. The molecule has 3 atom stereocenters. The van der Waals surface area contributed by atoms with Crippen LogP contribution in [-0.4, -0.2) is 46.9 Å². The van der Waals surface area contributed by atoms with Gasteiger partial charge in [-0.3, -0.25) is 9.59 Å². The van der Waals surface area contributed by atoms with Crippen LogP contribution in [0, 0.1) is 0 Å². The molecule has 0 radical (unpaired) electrons. The zero-order valence-electron chi connectivity index (χ0n) is 41.1. The minimum Gasteiger partial charge on any atom is -0.462 e. The molecule has 0 saturated heterocycles. The van der Waals surface area contributed by atoms with Crippen molar-refractivity contribution in [1.29, 1.82) is 0 Å². The van der Waals surface area contributed by atoms with Gasteiger partial charge in [0.25, 0.3) is 0 Å². The molecule has 0 aliphatic carbocycles. The van der Waals surface area contributed by atoms with E-state index in [9.17, 15) is 19.8 Å². The Balaban J connectivity index is 4.56. The summed E-state index contributed by atoms with van der Waals surface area (Å²) in [4.78, 5) is 26.2. The number of nitrogens with one attached hydrogen (secondary N) is 1. The number of amides is 1. The lowest BCUT2D eigenvalue weighted by atomic mass is 10.0. The second-order valence-corrected chi connectivity index (χ2v) is 18.6. The summed E-state index contributed by atoms with van der Waals surface area (Å²) < 4.78 is 5.94. The van der Waals surface area contributed by atoms with Gasteiger partial charge in [-0.2, -0.15) is 0 Å². The van der Waals surface area contributed by atoms with Crippen molar-refractivity contribution in [1.82, 2.24) is 5.32 Å². The third-order valence-electron chi connectivity index (χ3n) is 12.5. The average Bonchev–Trinajstić information content (AvgIpc) is 3.25. The number of esters is 1. The maximum atomic E-state index is 13.2. The van der Waals surface area contributed by atoms with Gasteiger partial charge in [0.1, 0.15) is 6.10 Å². The van der Waals surface area contributed by atoms with Crippen molar-refractivity contribution < 1.29 is 24.5 Å². The Labute approximate surface area is 380 Å². The quantitative estimate of drug-likeness (QED) is 0.0322. The lowest BCUT2D eigenvalue weighted by molar-refractivity contribution is -0.151. The van der Waals surface area contributed by atoms with Crippen LogP contribution >= 0.6 is 0 Å². The lowest BCUT2D eigenvalue weighted by Crippen LogP contribution is -2.46. The van der Waals surface area contributed by atoms with Gasteiger partial charge in [-0.25, -0.2) is 0 Å². The van der Waals surface area contributed by atoms with E-state index in [4.69, 9.17) is 4.74 Å². The van der Waals surface area contributed by atoms with Crippen LogP contribution in [0.25, 0.3) is 0 Å². The molecule has 0 rings (SSSR count). The second kappa shape index (κ2) is 49.4. The summed E-state index contributed by atoms with van der Waals surface area (Å²) in [6.07, 6.45) is 56.7. The van der Waals surface area contributed by atoms with E-state index in [0.29, 0.717) is 19.3 Å². The Morgan fingerprint density at radius 3 is 1.18 bits per heavy atom. The molecule has 0 saturated carbocycles. The molecule has 61 heavy (non-hydrogen) atoms. The van der Waals surface area contributed by atoms with Gasteiger partial charge >= 0.3 is 5.97 Å². The van der Waals surface area contributed by atoms with Gasteiger partial charge in [-0.05, 0) is 77.0 Å². The van der Waals surface area contributed by atoms with Gasteiger partial charge in [0.05, 0.1) is 25.2 Å². The fourth-order valence-electron chi connectivity index (χ4n) is 8.36. The SMILES string of the molecule is CCCCCCCC/C=C/CCCCCCCCCC(=O)OC(CCCCC/C=C/CCCCCCCCC)CC(=O)NC(CO)C(O)CCCCCCCCCCCCC. The molecule has 3 N–H and O–H groups in total. The topological polar surface area (TPSA) is 95.9 Å². The van der Waals surface area contributed by atoms with Crippen LogP contribution < -0.4 is 5.32 Å². The molecule has 1 amide bonds. The van der Waals surface area contributed by atoms with Gasteiger partial charge in [0.2, 0.25) is 5.91 Å². The van der Waals surface area contributed by atoms with E-state index >= 15 is 0 Å². The summed E-state index contributed by atoms with van der Waals surface area (Å²) in [5.41, 5.74) is 0. The fourth-order valence-corrected chi connectivity index (χ4v) is 8.36. The van der Waals surface area contributed by atoms with E-state index in [1.165, 1.54) is 180 Å². The maximum Gasteiger partial charge on any atom is 0.306 e. The number of carbonyl (C=O) groups is 2. The third-order valence-corrected chi connectivity index (χ3v) is 12.5. The number of carbonyl (C=O) groups excluding carboxylic acids is 2. The molecule has 360 valence electrons. The number of ether oxygens (including phenoxy) is 1. The molecular weight excluding hydrogens is 755 g/mol. The van der Waals surface area contributed by atoms with Gasteiger partial charge < -0.3 is 20.3 Å². The molecular formula is C55H105NO5. The van der Waals surface area contributed by atoms with Crippen molar-refractivity contribution in [2.45, 2.75) is 309 Å². The molecule has 6 nitrogen and oxygen atoms in total. The van der Waals surface area contributed by atoms with Crippen LogP contribution in [0.2, 0.25) is 0 Å². The van der Waals surface area contributed by atoms with E-state index in [-0.39, 0.29) is 24.9 Å². The summed E-state index contributed by atoms with van der Waals surface area (Å²) in [6.45, 7) is 6.48. The van der Waals surface area contributed by atoms with Crippen molar-refractivity contribution in [3.05, 3.63) is 24.3 Å². The van der Waals surface area contributed by atoms with Crippen molar-refractivity contribution in [3.8, 4) is 0 Å². The predicted molar refractivity (Wildman–Crippen MR) is 264 cm³/mol. The van der Waals surface area contributed by atoms with Crippen molar-refractivity contribution >= 4 is 11.9 Å². The second-order valence-electron chi connectivity index (χ2n) is 18.6. The Kier molecular flexibility index (Phi) is 48.0. The highest BCUT2D eigenvalue weighted by Gasteiger charge is 2.24. The number of aliphatic hydroxyl groups excluding tert-OH is 2. The molecule has 3 unspecified atom stereocenters. The zero-order chi connectivity index (χ0) is 44.5. The fraction of sp³-hybridized carbons (Fsp3) is 0.891. The minimum absolute atomic E-state index is 0.0694. The first-order valence-electron chi connectivity index (χ1n) is 27.1. The molecule has 0 aliphatic rings. The Bertz CT molecular complexity index is 966. The van der Waals surface area contributed by atoms with Crippen LogP contribution in [0.4, 0.5) is 0 Å². The first-order valence-corrected chi connectivity index (χ1v) is 27.1. The zero-order valence-corrected chi connectivity index (χ0v) is 41.1. The number of aliphatic hydroxyl groups is 2. The van der Waals surface area contributed by atoms with E-state index in [1.807, 2.05) is 0 Å². The van der Waals surface area contributed by atoms with E-state index in [0.717, 1.165) is 64.2 Å². The summed E-state index contributed by atoms with van der Waals surface area (Å²) in [6, 6.07) is -0.703. The van der Waals surface area contributed by atoms with E-state index < -0.39 is 18.2 Å². The third kappa shape index (κ3) is 44.7. The number of hydrogen-bond donors (Lipinski definition) is 3.